The summed E-state index contributed by atoms with van der Waals surface area (Å²) in [6.45, 7) is 3.58. The highest BCUT2D eigenvalue weighted by molar-refractivity contribution is 6.35. The van der Waals surface area contributed by atoms with E-state index in [0.717, 1.165) is 5.56 Å². The molecule has 6 N–H and O–H groups in total. The third-order valence-corrected chi connectivity index (χ3v) is 7.19. The fraction of sp³-hybridized carbons (Fsp3) is 0.387. The van der Waals surface area contributed by atoms with Crippen molar-refractivity contribution in [3.8, 4) is 6.01 Å². The zero-order valence-corrected chi connectivity index (χ0v) is 27.3. The van der Waals surface area contributed by atoms with Gasteiger partial charge in [-0.25, -0.2) is 4.79 Å². The van der Waals surface area contributed by atoms with E-state index in [1.807, 2.05) is 32.9 Å². The Morgan fingerprint density at radius 3 is 2.10 bits per heavy atom. The molecule has 0 saturated heterocycles. The van der Waals surface area contributed by atoms with Crippen LogP contribution in [-0.4, -0.2) is 75.7 Å². The van der Waals surface area contributed by atoms with Crippen molar-refractivity contribution in [1.82, 2.24) is 30.9 Å². The first-order chi connectivity index (χ1) is 22.9. The Hall–Kier alpha value is -5.19. The van der Waals surface area contributed by atoms with Crippen molar-refractivity contribution < 1.29 is 42.2 Å². The number of carboxylic acids is 1. The molecule has 262 valence electrons. The zero-order valence-electron chi connectivity index (χ0n) is 26.6. The summed E-state index contributed by atoms with van der Waals surface area (Å²) in [5, 5.41) is 23.0. The molecule has 18 heteroatoms. The molecule has 1 aliphatic rings. The molecule has 0 unspecified atom stereocenters. The summed E-state index contributed by atoms with van der Waals surface area (Å²) >= 11 is 6.00. The van der Waals surface area contributed by atoms with Crippen molar-refractivity contribution in [2.45, 2.75) is 51.4 Å². The minimum atomic E-state index is -4.64. The molecule has 0 aliphatic heterocycles. The summed E-state index contributed by atoms with van der Waals surface area (Å²) in [7, 11) is 0. The van der Waals surface area contributed by atoms with Gasteiger partial charge in [-0.2, -0.15) is 28.1 Å². The summed E-state index contributed by atoms with van der Waals surface area (Å²) in [5.74, 6) is -4.45. The van der Waals surface area contributed by atoms with Crippen molar-refractivity contribution in [2.75, 3.05) is 30.3 Å². The zero-order chi connectivity index (χ0) is 36.0. The molecule has 1 fully saturated rings. The first kappa shape index (κ1) is 36.6. The molecule has 49 heavy (non-hydrogen) atoms. The second kappa shape index (κ2) is 14.9. The maximum atomic E-state index is 12.9. The molecule has 2 aromatic carbocycles. The summed E-state index contributed by atoms with van der Waals surface area (Å²) in [4.78, 5) is 60.8. The van der Waals surface area contributed by atoms with Gasteiger partial charge in [0.15, 0.2) is 6.61 Å². The molecule has 1 saturated carbocycles. The first-order valence-electron chi connectivity index (χ1n) is 14.9. The van der Waals surface area contributed by atoms with E-state index >= 15 is 0 Å². The van der Waals surface area contributed by atoms with Crippen molar-refractivity contribution in [1.29, 1.82) is 0 Å². The van der Waals surface area contributed by atoms with E-state index < -0.39 is 60.6 Å². The molecule has 0 spiro atoms. The van der Waals surface area contributed by atoms with Gasteiger partial charge in [0.1, 0.15) is 6.04 Å². The Morgan fingerprint density at radius 1 is 0.918 bits per heavy atom. The number of amides is 3. The van der Waals surface area contributed by atoms with E-state index in [4.69, 9.17) is 16.3 Å². The number of benzene rings is 2. The number of hydrogen-bond donors (Lipinski definition) is 6. The van der Waals surface area contributed by atoms with Gasteiger partial charge in [-0.1, -0.05) is 44.5 Å². The number of hydrogen-bond acceptors (Lipinski definition) is 10. The molecule has 0 radical (unpaired) electrons. The summed E-state index contributed by atoms with van der Waals surface area (Å²) in [6.07, 6.45) is -3.24. The van der Waals surface area contributed by atoms with Crippen molar-refractivity contribution in [2.24, 2.45) is 5.41 Å². The van der Waals surface area contributed by atoms with Gasteiger partial charge in [0.05, 0.1) is 5.54 Å². The average Bonchev–Trinajstić information content (AvgIpc) is 3.80. The highest BCUT2D eigenvalue weighted by atomic mass is 35.5. The van der Waals surface area contributed by atoms with Gasteiger partial charge in [0, 0.05) is 29.4 Å². The van der Waals surface area contributed by atoms with E-state index in [0.29, 0.717) is 23.6 Å². The van der Waals surface area contributed by atoms with Crippen LogP contribution in [0.4, 0.5) is 30.8 Å². The molecular formula is C31H34ClF3N8O6. The predicted octanol–water partition coefficient (Wildman–Crippen LogP) is 3.77. The molecule has 0 bridgehead atoms. The van der Waals surface area contributed by atoms with E-state index in [-0.39, 0.29) is 29.4 Å². The fourth-order valence-electron chi connectivity index (χ4n) is 4.25. The van der Waals surface area contributed by atoms with Crippen LogP contribution in [0.25, 0.3) is 0 Å². The van der Waals surface area contributed by atoms with Gasteiger partial charge in [0.25, 0.3) is 5.91 Å². The standard InChI is InChI=1S/C31H34ClF3N8O6/c1-29(2,3)15-37-24(46)23(45)36-14-21(25(47)48)39-22(44)17-4-10-20(11-5-17)38-26-40-27(42-28(41-26)49-16-31(33,34)35)43-30(12-13-30)18-6-8-19(32)9-7-18/h4-11,21H,12-16H2,1-3H3,(H,36,45)(H,37,46)(H,39,44)(H,47,48)(H2,38,40,41,42,43)/t21-/m0/s1. The number of nitrogens with zero attached hydrogens (tertiary/aromatic N) is 3. The fourth-order valence-corrected chi connectivity index (χ4v) is 4.38. The van der Waals surface area contributed by atoms with Gasteiger partial charge >= 0.3 is 30.0 Å². The number of carboxylic acid groups (broad SMARTS) is 1. The van der Waals surface area contributed by atoms with Crippen LogP contribution in [0, 0.1) is 5.41 Å². The lowest BCUT2D eigenvalue weighted by atomic mass is 9.97. The Labute approximate surface area is 283 Å². The van der Waals surface area contributed by atoms with Crippen LogP contribution in [0.15, 0.2) is 48.5 Å². The number of nitrogens with one attached hydrogen (secondary N) is 5. The van der Waals surface area contributed by atoms with E-state index in [1.165, 1.54) is 24.3 Å². The molecule has 14 nitrogen and oxygen atoms in total. The third-order valence-electron chi connectivity index (χ3n) is 6.94. The number of halogens is 4. The maximum Gasteiger partial charge on any atom is 0.422 e. The number of aliphatic carboxylic acids is 1. The van der Waals surface area contributed by atoms with Crippen LogP contribution in [0.3, 0.4) is 0 Å². The van der Waals surface area contributed by atoms with Crippen LogP contribution >= 0.6 is 11.6 Å². The number of carbonyl (C=O) groups excluding carboxylic acids is 3. The molecule has 3 amide bonds. The Morgan fingerprint density at radius 2 is 1.53 bits per heavy atom. The monoisotopic (exact) mass is 706 g/mol. The normalized spacial score (nSPS) is 14.2. The van der Waals surface area contributed by atoms with Gasteiger partial charge in [-0.05, 0) is 60.2 Å². The highest BCUT2D eigenvalue weighted by Crippen LogP contribution is 2.48. The number of aromatic nitrogens is 3. The van der Waals surface area contributed by atoms with Crippen LogP contribution in [-0.2, 0) is 19.9 Å². The van der Waals surface area contributed by atoms with E-state index in [1.54, 1.807) is 12.1 Å². The molecular weight excluding hydrogens is 673 g/mol. The van der Waals surface area contributed by atoms with Crippen molar-refractivity contribution >= 4 is 52.9 Å². The third kappa shape index (κ3) is 11.2. The predicted molar refractivity (Wildman–Crippen MR) is 171 cm³/mol. The lowest BCUT2D eigenvalue weighted by molar-refractivity contribution is -0.154. The number of carbonyl (C=O) groups is 4. The Bertz CT molecular complexity index is 1680. The Balaban J connectivity index is 1.42. The second-order valence-electron chi connectivity index (χ2n) is 12.4. The first-order valence-corrected chi connectivity index (χ1v) is 15.3. The van der Waals surface area contributed by atoms with Crippen molar-refractivity contribution in [3.63, 3.8) is 0 Å². The van der Waals surface area contributed by atoms with E-state index in [2.05, 4.69) is 41.5 Å². The number of rotatable bonds is 13. The molecule has 1 heterocycles. The number of alkyl halides is 3. The molecule has 1 atom stereocenters. The van der Waals surface area contributed by atoms with Crippen molar-refractivity contribution in [3.05, 3.63) is 64.7 Å². The summed E-state index contributed by atoms with van der Waals surface area (Å²) in [6, 6.07) is 10.5. The highest BCUT2D eigenvalue weighted by Gasteiger charge is 2.45. The lowest BCUT2D eigenvalue weighted by Gasteiger charge is -2.19. The largest absolute Gasteiger partial charge is 0.480 e. The van der Waals surface area contributed by atoms with Gasteiger partial charge in [-0.3, -0.25) is 14.4 Å². The molecule has 1 aromatic heterocycles. The second-order valence-corrected chi connectivity index (χ2v) is 12.8. The minimum absolute atomic E-state index is 0.0388. The smallest absolute Gasteiger partial charge is 0.422 e. The van der Waals surface area contributed by atoms with E-state index in [9.17, 15) is 37.5 Å². The number of ether oxygens (including phenoxy) is 1. The number of anilines is 3. The summed E-state index contributed by atoms with van der Waals surface area (Å²) in [5.41, 5.74) is 0.396. The molecule has 3 aromatic rings. The topological polar surface area (TPSA) is 197 Å². The maximum absolute atomic E-state index is 12.9. The van der Waals surface area contributed by atoms with Crippen LogP contribution < -0.4 is 31.3 Å². The van der Waals surface area contributed by atoms with Gasteiger partial charge < -0.3 is 36.4 Å². The lowest BCUT2D eigenvalue weighted by Crippen LogP contribution is -2.51. The van der Waals surface area contributed by atoms with Gasteiger partial charge in [0.2, 0.25) is 11.9 Å². The van der Waals surface area contributed by atoms with Gasteiger partial charge in [-0.15, -0.1) is 0 Å². The minimum Gasteiger partial charge on any atom is -0.480 e. The quantitative estimate of drug-likeness (QED) is 0.142. The van der Waals surface area contributed by atoms with Crippen LogP contribution in [0.5, 0.6) is 6.01 Å². The average molecular weight is 707 g/mol. The van der Waals surface area contributed by atoms with Crippen LogP contribution in [0.2, 0.25) is 5.02 Å². The summed E-state index contributed by atoms with van der Waals surface area (Å²) < 4.78 is 43.5. The Kier molecular flexibility index (Phi) is 11.2. The SMILES string of the molecule is CC(C)(C)CNC(=O)C(=O)NC[C@H](NC(=O)c1ccc(Nc2nc(NC3(c4ccc(Cl)cc4)CC3)nc(OCC(F)(F)F)n2)cc1)C(=O)O. The molecule has 4 rings (SSSR count). The molecule has 1 aliphatic carbocycles. The van der Waals surface area contributed by atoms with Crippen LogP contribution in [0.1, 0.15) is 49.5 Å².